The predicted octanol–water partition coefficient (Wildman–Crippen LogP) is 4.59. The van der Waals surface area contributed by atoms with E-state index in [1.807, 2.05) is 36.4 Å². The van der Waals surface area contributed by atoms with Crippen LogP contribution in [0.15, 0.2) is 67.3 Å². The summed E-state index contributed by atoms with van der Waals surface area (Å²) in [7, 11) is 0. The van der Waals surface area contributed by atoms with Crippen molar-refractivity contribution < 1.29 is 4.74 Å². The molecule has 0 amide bonds. The summed E-state index contributed by atoms with van der Waals surface area (Å²) in [5, 5.41) is 0.985. The van der Waals surface area contributed by atoms with Crippen molar-refractivity contribution in [1.82, 2.24) is 4.98 Å². The summed E-state index contributed by atoms with van der Waals surface area (Å²) in [4.78, 5) is 4.70. The van der Waals surface area contributed by atoms with Gasteiger partial charge in [-0.2, -0.15) is 0 Å². The Hall–Kier alpha value is -1.97. The summed E-state index contributed by atoms with van der Waals surface area (Å²) in [5.74, 6) is 0. The number of nitrogens with zero attached hydrogens (tertiary/aromatic N) is 1. The second-order valence-electron chi connectivity index (χ2n) is 4.43. The van der Waals surface area contributed by atoms with E-state index in [1.54, 1.807) is 17.4 Å². The molecule has 0 saturated carbocycles. The van der Waals surface area contributed by atoms with Crippen molar-refractivity contribution in [2.75, 3.05) is 6.61 Å². The molecule has 0 N–H and O–H groups in total. The van der Waals surface area contributed by atoms with Crippen LogP contribution in [0.4, 0.5) is 0 Å². The average Bonchev–Trinajstić information content (AvgIpc) is 2.92. The van der Waals surface area contributed by atoms with Gasteiger partial charge >= 0.3 is 0 Å². The first-order valence-electron chi connectivity index (χ1n) is 6.51. The van der Waals surface area contributed by atoms with E-state index in [1.165, 1.54) is 4.70 Å². The molecule has 2 aromatic carbocycles. The summed E-state index contributed by atoms with van der Waals surface area (Å²) in [6.07, 6.45) is 1.63. The molecule has 20 heavy (non-hydrogen) atoms. The first-order valence-corrected chi connectivity index (χ1v) is 7.33. The second-order valence-corrected chi connectivity index (χ2v) is 5.49. The van der Waals surface area contributed by atoms with Gasteiger partial charge in [-0.25, -0.2) is 4.98 Å². The Kier molecular flexibility index (Phi) is 3.90. The van der Waals surface area contributed by atoms with Gasteiger partial charge in [-0.05, 0) is 17.7 Å². The molecule has 0 fully saturated rings. The van der Waals surface area contributed by atoms with E-state index < -0.39 is 0 Å². The topological polar surface area (TPSA) is 22.1 Å². The predicted molar refractivity (Wildman–Crippen MR) is 84.1 cm³/mol. The van der Waals surface area contributed by atoms with Gasteiger partial charge in [0.25, 0.3) is 0 Å². The first-order chi connectivity index (χ1) is 9.88. The molecule has 1 unspecified atom stereocenters. The minimum absolute atomic E-state index is 0.133. The van der Waals surface area contributed by atoms with Gasteiger partial charge in [-0.1, -0.05) is 48.5 Å². The maximum Gasteiger partial charge on any atom is 0.134 e. The van der Waals surface area contributed by atoms with Crippen molar-refractivity contribution in [3.05, 3.63) is 77.8 Å². The fourth-order valence-electron chi connectivity index (χ4n) is 2.10. The highest BCUT2D eigenvalue weighted by atomic mass is 32.1. The number of hydrogen-bond donors (Lipinski definition) is 0. The third kappa shape index (κ3) is 2.64. The molecule has 0 radical (unpaired) electrons. The number of para-hydroxylation sites is 1. The zero-order valence-corrected chi connectivity index (χ0v) is 11.8. The Morgan fingerprint density at radius 3 is 2.60 bits per heavy atom. The van der Waals surface area contributed by atoms with E-state index in [9.17, 15) is 0 Å². The Bertz CT molecular complexity index is 672. The van der Waals surface area contributed by atoms with Crippen LogP contribution in [0.3, 0.4) is 0 Å². The molecule has 0 saturated heterocycles. The fraction of sp³-hybridized carbons (Fsp3) is 0.118. The molecule has 3 rings (SSSR count). The number of rotatable bonds is 5. The minimum atomic E-state index is -0.133. The van der Waals surface area contributed by atoms with Gasteiger partial charge in [0.2, 0.25) is 0 Å². The number of fused-ring (bicyclic) bond motifs is 1. The minimum Gasteiger partial charge on any atom is -0.362 e. The van der Waals surface area contributed by atoms with E-state index >= 15 is 0 Å². The molecule has 1 heterocycles. The van der Waals surface area contributed by atoms with Crippen LogP contribution in [-0.2, 0) is 4.74 Å². The summed E-state index contributed by atoms with van der Waals surface area (Å²) >= 11 is 1.68. The standard InChI is InChI=1S/C17H15NOS/c1-2-12-19-16(13-8-4-3-5-9-13)17-18-14-10-6-7-11-15(14)20-17/h2-11,16H,1,12H2. The molecule has 0 bridgehead atoms. The fourth-order valence-corrected chi connectivity index (χ4v) is 3.15. The smallest absolute Gasteiger partial charge is 0.134 e. The van der Waals surface area contributed by atoms with Crippen LogP contribution in [0.5, 0.6) is 0 Å². The largest absolute Gasteiger partial charge is 0.362 e. The third-order valence-electron chi connectivity index (χ3n) is 3.02. The molecule has 1 aromatic heterocycles. The molecule has 100 valence electrons. The Morgan fingerprint density at radius 2 is 1.85 bits per heavy atom. The number of hydrogen-bond acceptors (Lipinski definition) is 3. The van der Waals surface area contributed by atoms with Crippen molar-refractivity contribution in [2.24, 2.45) is 0 Å². The summed E-state index contributed by atoms with van der Waals surface area (Å²) in [6.45, 7) is 4.23. The molecule has 1 atom stereocenters. The number of benzene rings is 2. The lowest BCUT2D eigenvalue weighted by atomic mass is 10.1. The second kappa shape index (κ2) is 5.99. The Balaban J connectivity index is 2.02. The van der Waals surface area contributed by atoms with E-state index in [0.717, 1.165) is 16.1 Å². The summed E-state index contributed by atoms with van der Waals surface area (Å²) in [6, 6.07) is 18.4. The summed E-state index contributed by atoms with van der Waals surface area (Å²) < 4.78 is 7.11. The molecule has 0 spiro atoms. The van der Waals surface area contributed by atoms with E-state index in [4.69, 9.17) is 9.72 Å². The SMILES string of the molecule is C=CCOC(c1ccccc1)c1nc2ccccc2s1. The van der Waals surface area contributed by atoms with Crippen LogP contribution in [0.1, 0.15) is 16.7 Å². The van der Waals surface area contributed by atoms with Crippen molar-refractivity contribution in [3.8, 4) is 0 Å². The van der Waals surface area contributed by atoms with Crippen molar-refractivity contribution in [3.63, 3.8) is 0 Å². The van der Waals surface area contributed by atoms with E-state index in [2.05, 4.69) is 24.8 Å². The normalized spacial score (nSPS) is 12.4. The van der Waals surface area contributed by atoms with Crippen LogP contribution >= 0.6 is 11.3 Å². The van der Waals surface area contributed by atoms with Gasteiger partial charge in [0.15, 0.2) is 0 Å². The van der Waals surface area contributed by atoms with Gasteiger partial charge < -0.3 is 4.74 Å². The average molecular weight is 281 g/mol. The molecular formula is C17H15NOS. The van der Waals surface area contributed by atoms with Crippen LogP contribution in [0.25, 0.3) is 10.2 Å². The summed E-state index contributed by atoms with van der Waals surface area (Å²) in [5.41, 5.74) is 2.14. The van der Waals surface area contributed by atoms with Gasteiger partial charge in [-0.15, -0.1) is 17.9 Å². The van der Waals surface area contributed by atoms with Gasteiger partial charge in [0.1, 0.15) is 11.1 Å². The molecule has 2 nitrogen and oxygen atoms in total. The maximum absolute atomic E-state index is 5.92. The molecule has 0 aliphatic rings. The highest BCUT2D eigenvalue weighted by Gasteiger charge is 2.18. The van der Waals surface area contributed by atoms with Crippen molar-refractivity contribution in [1.29, 1.82) is 0 Å². The third-order valence-corrected chi connectivity index (χ3v) is 4.10. The molecule has 3 aromatic rings. The molecule has 0 aliphatic heterocycles. The number of thiazole rings is 1. The lowest BCUT2D eigenvalue weighted by Gasteiger charge is -2.14. The van der Waals surface area contributed by atoms with Crippen LogP contribution < -0.4 is 0 Å². The molecular weight excluding hydrogens is 266 g/mol. The van der Waals surface area contributed by atoms with Crippen molar-refractivity contribution >= 4 is 21.6 Å². The number of ether oxygens (including phenoxy) is 1. The van der Waals surface area contributed by atoms with Gasteiger partial charge in [-0.3, -0.25) is 0 Å². The highest BCUT2D eigenvalue weighted by Crippen LogP contribution is 2.32. The zero-order chi connectivity index (χ0) is 13.8. The Labute approximate surface area is 122 Å². The molecule has 3 heteroatoms. The molecule has 0 aliphatic carbocycles. The lowest BCUT2D eigenvalue weighted by Crippen LogP contribution is -2.05. The van der Waals surface area contributed by atoms with Gasteiger partial charge in [0.05, 0.1) is 16.8 Å². The lowest BCUT2D eigenvalue weighted by molar-refractivity contribution is 0.104. The zero-order valence-electron chi connectivity index (χ0n) is 11.0. The van der Waals surface area contributed by atoms with Crippen LogP contribution in [0, 0.1) is 0 Å². The van der Waals surface area contributed by atoms with E-state index in [-0.39, 0.29) is 6.10 Å². The first kappa shape index (κ1) is 13.0. The highest BCUT2D eigenvalue weighted by molar-refractivity contribution is 7.18. The van der Waals surface area contributed by atoms with E-state index in [0.29, 0.717) is 6.61 Å². The monoisotopic (exact) mass is 281 g/mol. The Morgan fingerprint density at radius 1 is 1.10 bits per heavy atom. The van der Waals surface area contributed by atoms with Crippen molar-refractivity contribution in [2.45, 2.75) is 6.10 Å². The van der Waals surface area contributed by atoms with Crippen LogP contribution in [0.2, 0.25) is 0 Å². The quantitative estimate of drug-likeness (QED) is 0.638. The maximum atomic E-state index is 5.92. The van der Waals surface area contributed by atoms with Crippen LogP contribution in [-0.4, -0.2) is 11.6 Å². The van der Waals surface area contributed by atoms with Gasteiger partial charge in [0, 0.05) is 0 Å². The number of aromatic nitrogens is 1.